The fraction of sp³-hybridized carbons (Fsp3) is 0.429. The van der Waals surface area contributed by atoms with Crippen molar-refractivity contribution in [2.75, 3.05) is 13.2 Å². The third-order valence-corrected chi connectivity index (χ3v) is 10.7. The summed E-state index contributed by atoms with van der Waals surface area (Å²) in [5, 5.41) is 1.33. The van der Waals surface area contributed by atoms with Crippen LogP contribution < -0.4 is 32.9 Å². The van der Waals surface area contributed by atoms with E-state index in [2.05, 4.69) is 34.7 Å². The van der Waals surface area contributed by atoms with Crippen LogP contribution in [0.3, 0.4) is 0 Å². The first-order chi connectivity index (χ1) is 17.6. The Balaban J connectivity index is 1.95. The molecule has 4 N–H and O–H groups in total. The van der Waals surface area contributed by atoms with E-state index in [0.29, 0.717) is 25.1 Å². The fourth-order valence-corrected chi connectivity index (χ4v) is 9.27. The molecule has 0 aliphatic carbocycles. The minimum Gasteiger partial charge on any atom is -0.373 e. The first kappa shape index (κ1) is 27.2. The molecule has 37 heavy (non-hydrogen) atoms. The summed E-state index contributed by atoms with van der Waals surface area (Å²) in [6.07, 6.45) is 2.77. The zero-order chi connectivity index (χ0) is 26.6. The number of hydrazine groups is 1. The van der Waals surface area contributed by atoms with E-state index in [4.69, 9.17) is 15.3 Å². The molecular weight excluding hydrogens is 484 g/mol. The maximum atomic E-state index is 13.5. The summed E-state index contributed by atoms with van der Waals surface area (Å²) >= 11 is 0. The van der Waals surface area contributed by atoms with Crippen LogP contribution in [-0.2, 0) is 14.8 Å². The molecule has 3 atom stereocenters. The summed E-state index contributed by atoms with van der Waals surface area (Å²) in [7, 11) is -2.30. The zero-order valence-corrected chi connectivity index (χ0v) is 23.2. The van der Waals surface area contributed by atoms with Gasteiger partial charge in [-0.2, -0.15) is 0 Å². The second-order valence-corrected chi connectivity index (χ2v) is 13.9. The Morgan fingerprint density at radius 3 is 2.24 bits per heavy atom. The highest BCUT2D eigenvalue weighted by molar-refractivity contribution is 6.86. The minimum absolute atomic E-state index is 0.0833. The average Bonchev–Trinajstić information content (AvgIpc) is 3.23. The Hall–Kier alpha value is -2.82. The van der Waals surface area contributed by atoms with E-state index >= 15 is 0 Å². The van der Waals surface area contributed by atoms with Gasteiger partial charge in [0.05, 0.1) is 18.3 Å². The van der Waals surface area contributed by atoms with Gasteiger partial charge in [0.25, 0.3) is 5.56 Å². The molecule has 2 aromatic carbocycles. The van der Waals surface area contributed by atoms with E-state index in [1.165, 1.54) is 0 Å². The molecule has 1 aliphatic rings. The molecule has 0 radical (unpaired) electrons. The summed E-state index contributed by atoms with van der Waals surface area (Å²) in [5.41, 5.74) is 2.05. The molecule has 3 aromatic rings. The largest absolute Gasteiger partial charge is 0.373 e. The molecule has 4 rings (SSSR count). The topological polar surface area (TPSA) is 111 Å². The number of aryl methyl sites for hydroxylation is 1. The van der Waals surface area contributed by atoms with E-state index in [0.717, 1.165) is 16.8 Å². The van der Waals surface area contributed by atoms with Gasteiger partial charge >= 0.3 is 5.69 Å². The average molecular weight is 523 g/mol. The lowest BCUT2D eigenvalue weighted by atomic mass is 9.97. The zero-order valence-electron chi connectivity index (χ0n) is 22.1. The molecule has 2 heterocycles. The molecule has 0 amide bonds. The van der Waals surface area contributed by atoms with Gasteiger partial charge < -0.3 is 9.47 Å². The van der Waals surface area contributed by atoms with Crippen LogP contribution in [0.1, 0.15) is 39.2 Å². The number of hydrogen-bond donors (Lipinski definition) is 3. The summed E-state index contributed by atoms with van der Waals surface area (Å²) in [6, 6.07) is 20.6. The molecule has 0 bridgehead atoms. The molecule has 198 valence electrons. The van der Waals surface area contributed by atoms with E-state index in [-0.39, 0.29) is 23.2 Å². The smallest absolute Gasteiger partial charge is 0.330 e. The second kappa shape index (κ2) is 11.3. The van der Waals surface area contributed by atoms with Crippen molar-refractivity contribution in [1.82, 2.24) is 15.0 Å². The molecular formula is C28H38N4O4Si. The number of ether oxygens (including phenoxy) is 2. The number of nitrogens with one attached hydrogen (secondary N) is 2. The second-order valence-electron chi connectivity index (χ2n) is 10.8. The van der Waals surface area contributed by atoms with Crippen LogP contribution >= 0.6 is 0 Å². The number of nitrogens with two attached hydrogens (primary N) is 1. The van der Waals surface area contributed by atoms with Crippen molar-refractivity contribution in [1.29, 1.82) is 0 Å². The van der Waals surface area contributed by atoms with Crippen molar-refractivity contribution in [3.63, 3.8) is 0 Å². The lowest BCUT2D eigenvalue weighted by molar-refractivity contribution is -0.107. The highest BCUT2D eigenvalue weighted by atomic mass is 28.3. The number of aromatic nitrogens is 2. The van der Waals surface area contributed by atoms with E-state index in [1.807, 2.05) is 57.2 Å². The van der Waals surface area contributed by atoms with Crippen molar-refractivity contribution in [2.45, 2.75) is 57.6 Å². The normalized spacial score (nSPS) is 22.0. The van der Waals surface area contributed by atoms with E-state index in [1.54, 1.807) is 17.7 Å². The summed E-state index contributed by atoms with van der Waals surface area (Å²) in [6.45, 7) is 8.78. The SMILES string of the molecule is Cc1cn([C@@]2([SiH](c3ccccc3)c3ccccc3)C[C@H](CCNN)[C@@H](COC(C)(C)C)O2)c(=O)[nH]c1=O. The Morgan fingerprint density at radius 1 is 1.11 bits per heavy atom. The highest BCUT2D eigenvalue weighted by Crippen LogP contribution is 2.42. The maximum absolute atomic E-state index is 13.5. The summed E-state index contributed by atoms with van der Waals surface area (Å²) in [5.74, 6) is 5.75. The number of benzene rings is 2. The van der Waals surface area contributed by atoms with Gasteiger partial charge in [-0.3, -0.25) is 25.6 Å². The first-order valence-electron chi connectivity index (χ1n) is 12.8. The molecule has 1 aromatic heterocycles. The number of nitrogens with zero attached hydrogens (tertiary/aromatic N) is 1. The number of hydrogen-bond acceptors (Lipinski definition) is 6. The van der Waals surface area contributed by atoms with Crippen molar-refractivity contribution in [2.24, 2.45) is 11.8 Å². The third kappa shape index (κ3) is 6.02. The van der Waals surface area contributed by atoms with Crippen LogP contribution in [0.15, 0.2) is 76.4 Å². The van der Waals surface area contributed by atoms with Crippen LogP contribution in [0.25, 0.3) is 0 Å². The molecule has 9 heteroatoms. The van der Waals surface area contributed by atoms with Crippen LogP contribution in [0.2, 0.25) is 0 Å². The van der Waals surface area contributed by atoms with Gasteiger partial charge in [-0.05, 0) is 46.5 Å². The molecule has 0 unspecified atom stereocenters. The quantitative estimate of drug-likeness (QED) is 0.221. The summed E-state index contributed by atoms with van der Waals surface area (Å²) in [4.78, 5) is 28.4. The van der Waals surface area contributed by atoms with E-state index < -0.39 is 19.8 Å². The fourth-order valence-electron chi connectivity index (χ4n) is 5.30. The third-order valence-electron chi connectivity index (χ3n) is 7.02. The van der Waals surface area contributed by atoms with Gasteiger partial charge in [-0.25, -0.2) is 4.79 Å². The van der Waals surface area contributed by atoms with Crippen molar-refractivity contribution >= 4 is 19.2 Å². The Labute approximate surface area is 219 Å². The molecule has 0 saturated carbocycles. The van der Waals surface area contributed by atoms with Crippen molar-refractivity contribution < 1.29 is 9.47 Å². The van der Waals surface area contributed by atoms with Crippen molar-refractivity contribution in [3.05, 3.63) is 93.3 Å². The predicted molar refractivity (Wildman–Crippen MR) is 149 cm³/mol. The Bertz CT molecular complexity index is 1250. The van der Waals surface area contributed by atoms with Crippen LogP contribution in [0.5, 0.6) is 0 Å². The lowest BCUT2D eigenvalue weighted by Gasteiger charge is -2.39. The monoisotopic (exact) mass is 522 g/mol. The van der Waals surface area contributed by atoms with Crippen LogP contribution in [0, 0.1) is 12.8 Å². The van der Waals surface area contributed by atoms with Crippen LogP contribution in [-0.4, -0.2) is 43.2 Å². The molecule has 8 nitrogen and oxygen atoms in total. The maximum Gasteiger partial charge on any atom is 0.330 e. The molecule has 1 fully saturated rings. The Kier molecular flexibility index (Phi) is 8.30. The van der Waals surface area contributed by atoms with Gasteiger partial charge in [0.2, 0.25) is 0 Å². The van der Waals surface area contributed by atoms with Gasteiger partial charge in [-0.1, -0.05) is 71.0 Å². The minimum atomic E-state index is -2.30. The van der Waals surface area contributed by atoms with Gasteiger partial charge in [0, 0.05) is 18.3 Å². The standard InChI is InChI=1S/C28H38N4O4Si/c1-20-18-32(26(34)31-25(20)33)28(17-21(15-16-30-29)24(36-28)19-35-27(2,3)4)37(22-11-7-5-8-12-22)23-13-9-6-10-14-23/h5-14,18,21,24,30,37H,15-17,19,29H2,1-4H3,(H,31,33,34)/t21-,24+,28-/m0/s1. The highest BCUT2D eigenvalue weighted by Gasteiger charge is 2.54. The number of aromatic amines is 1. The molecule has 1 aliphatic heterocycles. The molecule has 1 saturated heterocycles. The number of H-pyrrole nitrogens is 1. The Morgan fingerprint density at radius 2 is 1.70 bits per heavy atom. The predicted octanol–water partition coefficient (Wildman–Crippen LogP) is 1.15. The van der Waals surface area contributed by atoms with E-state index in [9.17, 15) is 9.59 Å². The van der Waals surface area contributed by atoms with Gasteiger partial charge in [-0.15, -0.1) is 0 Å². The van der Waals surface area contributed by atoms with Gasteiger partial charge in [0.1, 0.15) is 5.35 Å². The molecule has 0 spiro atoms. The lowest BCUT2D eigenvalue weighted by Crippen LogP contribution is -2.64. The summed E-state index contributed by atoms with van der Waals surface area (Å²) < 4.78 is 15.0. The van der Waals surface area contributed by atoms with Gasteiger partial charge in [0.15, 0.2) is 8.80 Å². The van der Waals surface area contributed by atoms with Crippen LogP contribution in [0.4, 0.5) is 0 Å². The van der Waals surface area contributed by atoms with Crippen molar-refractivity contribution in [3.8, 4) is 0 Å². The first-order valence-corrected chi connectivity index (χ1v) is 14.6. The number of rotatable bonds is 9.